The van der Waals surface area contributed by atoms with Gasteiger partial charge in [-0.1, -0.05) is 23.2 Å². The van der Waals surface area contributed by atoms with Gasteiger partial charge >= 0.3 is 0 Å². The summed E-state index contributed by atoms with van der Waals surface area (Å²) in [6, 6.07) is 5.41. The Morgan fingerprint density at radius 3 is 2.61 bits per heavy atom. The van der Waals surface area contributed by atoms with Gasteiger partial charge in [-0.2, -0.15) is 0 Å². The van der Waals surface area contributed by atoms with Crippen LogP contribution >= 0.6 is 23.2 Å². The van der Waals surface area contributed by atoms with Crippen LogP contribution in [0.15, 0.2) is 18.2 Å². The van der Waals surface area contributed by atoms with E-state index in [-0.39, 0.29) is 24.3 Å². The van der Waals surface area contributed by atoms with Crippen LogP contribution in [0.2, 0.25) is 10.0 Å². The van der Waals surface area contributed by atoms with E-state index in [0.717, 1.165) is 12.0 Å². The standard InChI is InChI=1S/C13H15Cl2NO2/c14-9-4-8(5-10(15)6-9)11-7-12(11)13(18)16-2-1-3-17/h4-6,11-12,17H,1-3,7H2,(H,16,18). The van der Waals surface area contributed by atoms with Gasteiger partial charge in [-0.3, -0.25) is 4.79 Å². The zero-order valence-corrected chi connectivity index (χ0v) is 11.3. The Kier molecular flexibility index (Phi) is 4.49. The first-order valence-electron chi connectivity index (χ1n) is 5.96. The highest BCUT2D eigenvalue weighted by molar-refractivity contribution is 6.34. The van der Waals surface area contributed by atoms with Crippen LogP contribution in [0, 0.1) is 5.92 Å². The van der Waals surface area contributed by atoms with E-state index in [4.69, 9.17) is 28.3 Å². The molecule has 1 aromatic carbocycles. The Balaban J connectivity index is 1.92. The minimum absolute atomic E-state index is 0.0122. The molecule has 2 atom stereocenters. The molecule has 18 heavy (non-hydrogen) atoms. The van der Waals surface area contributed by atoms with E-state index in [1.807, 2.05) is 12.1 Å². The summed E-state index contributed by atoms with van der Waals surface area (Å²) in [5, 5.41) is 12.7. The van der Waals surface area contributed by atoms with Crippen molar-refractivity contribution in [1.82, 2.24) is 5.32 Å². The first-order chi connectivity index (χ1) is 8.61. The average Bonchev–Trinajstić information content (AvgIpc) is 3.07. The molecule has 0 spiro atoms. The first kappa shape index (κ1) is 13.7. The monoisotopic (exact) mass is 287 g/mol. The third-order valence-corrected chi connectivity index (χ3v) is 3.51. The number of benzene rings is 1. The van der Waals surface area contributed by atoms with E-state index < -0.39 is 0 Å². The number of nitrogens with one attached hydrogen (secondary N) is 1. The number of aliphatic hydroxyl groups is 1. The normalized spacial score (nSPS) is 21.7. The van der Waals surface area contributed by atoms with Gasteiger partial charge in [0, 0.05) is 29.1 Å². The van der Waals surface area contributed by atoms with E-state index in [1.54, 1.807) is 6.07 Å². The van der Waals surface area contributed by atoms with Crippen molar-refractivity contribution in [3.63, 3.8) is 0 Å². The molecule has 5 heteroatoms. The van der Waals surface area contributed by atoms with Gasteiger partial charge in [0.1, 0.15) is 0 Å². The zero-order valence-electron chi connectivity index (χ0n) is 9.83. The molecule has 1 fully saturated rings. The molecule has 1 saturated carbocycles. The van der Waals surface area contributed by atoms with E-state index in [2.05, 4.69) is 5.32 Å². The van der Waals surface area contributed by atoms with E-state index in [0.29, 0.717) is 23.0 Å². The van der Waals surface area contributed by atoms with Gasteiger partial charge in [0.2, 0.25) is 5.91 Å². The predicted octanol–water partition coefficient (Wildman–Crippen LogP) is 2.60. The van der Waals surface area contributed by atoms with Crippen molar-refractivity contribution in [3.8, 4) is 0 Å². The van der Waals surface area contributed by atoms with Gasteiger partial charge in [0.15, 0.2) is 0 Å². The van der Waals surface area contributed by atoms with Crippen LogP contribution in [0.3, 0.4) is 0 Å². The van der Waals surface area contributed by atoms with Gasteiger partial charge in [-0.05, 0) is 42.5 Å². The SMILES string of the molecule is O=C(NCCCO)C1CC1c1cc(Cl)cc(Cl)c1. The maximum absolute atomic E-state index is 11.8. The summed E-state index contributed by atoms with van der Waals surface area (Å²) in [7, 11) is 0. The van der Waals surface area contributed by atoms with Crippen molar-refractivity contribution in [3.05, 3.63) is 33.8 Å². The van der Waals surface area contributed by atoms with Crippen LogP contribution in [0.25, 0.3) is 0 Å². The largest absolute Gasteiger partial charge is 0.396 e. The molecule has 2 unspecified atom stereocenters. The summed E-state index contributed by atoms with van der Waals surface area (Å²) < 4.78 is 0. The molecule has 0 heterocycles. The molecule has 0 radical (unpaired) electrons. The fraction of sp³-hybridized carbons (Fsp3) is 0.462. The number of carbonyl (C=O) groups excluding carboxylic acids is 1. The maximum atomic E-state index is 11.8. The van der Waals surface area contributed by atoms with Crippen LogP contribution in [-0.2, 0) is 4.79 Å². The van der Waals surface area contributed by atoms with Gasteiger partial charge < -0.3 is 10.4 Å². The molecule has 0 bridgehead atoms. The number of hydrogen-bond donors (Lipinski definition) is 2. The molecular formula is C13H15Cl2NO2. The van der Waals surface area contributed by atoms with E-state index in [9.17, 15) is 4.79 Å². The highest BCUT2D eigenvalue weighted by Gasteiger charge is 2.43. The summed E-state index contributed by atoms with van der Waals surface area (Å²) in [4.78, 5) is 11.8. The van der Waals surface area contributed by atoms with Crippen molar-refractivity contribution < 1.29 is 9.90 Å². The number of rotatable bonds is 5. The van der Waals surface area contributed by atoms with E-state index in [1.165, 1.54) is 0 Å². The highest BCUT2D eigenvalue weighted by Crippen LogP contribution is 2.48. The molecule has 1 aliphatic carbocycles. The van der Waals surface area contributed by atoms with Crippen molar-refractivity contribution in [2.75, 3.05) is 13.2 Å². The third-order valence-electron chi connectivity index (χ3n) is 3.07. The predicted molar refractivity (Wildman–Crippen MR) is 72.0 cm³/mol. The molecule has 1 amide bonds. The van der Waals surface area contributed by atoms with Crippen molar-refractivity contribution in [2.24, 2.45) is 5.92 Å². The van der Waals surface area contributed by atoms with Crippen LogP contribution in [-0.4, -0.2) is 24.2 Å². The van der Waals surface area contributed by atoms with E-state index >= 15 is 0 Å². The number of aliphatic hydroxyl groups excluding tert-OH is 1. The lowest BCUT2D eigenvalue weighted by Crippen LogP contribution is -2.26. The molecule has 0 aliphatic heterocycles. The Hall–Kier alpha value is -0.770. The van der Waals surface area contributed by atoms with Gasteiger partial charge in [-0.15, -0.1) is 0 Å². The molecule has 0 saturated heterocycles. The minimum Gasteiger partial charge on any atom is -0.396 e. The molecule has 1 aliphatic rings. The fourth-order valence-corrected chi connectivity index (χ4v) is 2.61. The Morgan fingerprint density at radius 2 is 2.00 bits per heavy atom. The topological polar surface area (TPSA) is 49.3 Å². The summed E-state index contributed by atoms with van der Waals surface area (Å²) in [6.07, 6.45) is 1.42. The first-order valence-corrected chi connectivity index (χ1v) is 6.72. The van der Waals surface area contributed by atoms with Crippen molar-refractivity contribution >= 4 is 29.1 Å². The molecule has 3 nitrogen and oxygen atoms in total. The van der Waals surface area contributed by atoms with Crippen molar-refractivity contribution in [1.29, 1.82) is 0 Å². The van der Waals surface area contributed by atoms with Gasteiger partial charge in [-0.25, -0.2) is 0 Å². The summed E-state index contributed by atoms with van der Waals surface area (Å²) in [5.74, 6) is 0.276. The minimum atomic E-state index is 0.0122. The molecule has 1 aromatic rings. The van der Waals surface area contributed by atoms with Crippen LogP contribution in [0.4, 0.5) is 0 Å². The van der Waals surface area contributed by atoms with Crippen LogP contribution in [0.1, 0.15) is 24.3 Å². The summed E-state index contributed by atoms with van der Waals surface area (Å²) >= 11 is 11.9. The van der Waals surface area contributed by atoms with Gasteiger partial charge in [0.25, 0.3) is 0 Å². The second-order valence-electron chi connectivity index (χ2n) is 4.52. The Bertz CT molecular complexity index is 430. The third kappa shape index (κ3) is 3.37. The smallest absolute Gasteiger partial charge is 0.223 e. The molecular weight excluding hydrogens is 273 g/mol. The second-order valence-corrected chi connectivity index (χ2v) is 5.39. The number of amides is 1. The lowest BCUT2D eigenvalue weighted by Gasteiger charge is -2.04. The molecule has 2 N–H and O–H groups in total. The summed E-state index contributed by atoms with van der Waals surface area (Å²) in [5.41, 5.74) is 1.02. The number of carbonyl (C=O) groups is 1. The second kappa shape index (κ2) is 5.91. The van der Waals surface area contributed by atoms with Gasteiger partial charge in [0.05, 0.1) is 0 Å². The quantitative estimate of drug-likeness (QED) is 0.818. The van der Waals surface area contributed by atoms with Crippen LogP contribution < -0.4 is 5.32 Å². The fourth-order valence-electron chi connectivity index (χ4n) is 2.06. The highest BCUT2D eigenvalue weighted by atomic mass is 35.5. The Labute approximate surface area is 116 Å². The van der Waals surface area contributed by atoms with Crippen LogP contribution in [0.5, 0.6) is 0 Å². The summed E-state index contributed by atoms with van der Waals surface area (Å²) in [6.45, 7) is 0.618. The lowest BCUT2D eigenvalue weighted by atomic mass is 10.1. The molecule has 98 valence electrons. The molecule has 0 aromatic heterocycles. The molecule has 2 rings (SSSR count). The zero-order chi connectivity index (χ0) is 13.1. The average molecular weight is 288 g/mol. The number of hydrogen-bond acceptors (Lipinski definition) is 2. The maximum Gasteiger partial charge on any atom is 0.223 e. The lowest BCUT2D eigenvalue weighted by molar-refractivity contribution is -0.122. The number of halogens is 2. The Morgan fingerprint density at radius 1 is 1.33 bits per heavy atom. The van der Waals surface area contributed by atoms with Crippen molar-refractivity contribution in [2.45, 2.75) is 18.8 Å².